The fourth-order valence-corrected chi connectivity index (χ4v) is 2.78. The first-order valence-electron chi connectivity index (χ1n) is 8.04. The van der Waals surface area contributed by atoms with Crippen LogP contribution in [-0.2, 0) is 24.8 Å². The van der Waals surface area contributed by atoms with Crippen molar-refractivity contribution in [2.24, 2.45) is 7.05 Å². The summed E-state index contributed by atoms with van der Waals surface area (Å²) in [6.45, 7) is 3.07. The molecule has 5 nitrogen and oxygen atoms in total. The van der Waals surface area contributed by atoms with Gasteiger partial charge in [0.1, 0.15) is 11.4 Å². The maximum atomic E-state index is 12.3. The number of carbonyl (C=O) groups is 1. The zero-order valence-electron chi connectivity index (χ0n) is 14.0. The van der Waals surface area contributed by atoms with E-state index in [1.54, 1.807) is 6.20 Å². The maximum absolute atomic E-state index is 12.3. The van der Waals surface area contributed by atoms with Gasteiger partial charge in [0.05, 0.1) is 13.0 Å². The topological polar surface area (TPSA) is 56.1 Å². The number of rotatable bonds is 6. The second-order valence-electron chi connectivity index (χ2n) is 5.67. The van der Waals surface area contributed by atoms with E-state index in [1.165, 1.54) is 0 Å². The van der Waals surface area contributed by atoms with E-state index in [2.05, 4.69) is 10.3 Å². The average molecular weight is 323 g/mol. The van der Waals surface area contributed by atoms with Crippen molar-refractivity contribution in [1.82, 2.24) is 14.9 Å². The Balaban J connectivity index is 1.64. The zero-order chi connectivity index (χ0) is 16.9. The molecular formula is C19H21N3O2. The van der Waals surface area contributed by atoms with Crippen LogP contribution in [-0.4, -0.2) is 22.1 Å². The highest BCUT2D eigenvalue weighted by atomic mass is 16.5. The van der Waals surface area contributed by atoms with Crippen molar-refractivity contribution >= 4 is 16.9 Å². The lowest BCUT2D eigenvalue weighted by Crippen LogP contribution is -2.24. The minimum absolute atomic E-state index is 0.00633. The summed E-state index contributed by atoms with van der Waals surface area (Å²) in [5, 5.41) is 3.99. The predicted octanol–water partition coefficient (Wildman–Crippen LogP) is 2.83. The molecule has 5 heteroatoms. The van der Waals surface area contributed by atoms with Crippen molar-refractivity contribution in [2.45, 2.75) is 19.9 Å². The Hall–Kier alpha value is -2.82. The van der Waals surface area contributed by atoms with Crippen LogP contribution in [0.5, 0.6) is 5.75 Å². The number of ether oxygens (including phenoxy) is 1. The van der Waals surface area contributed by atoms with Gasteiger partial charge < -0.3 is 14.6 Å². The second kappa shape index (κ2) is 7.17. The van der Waals surface area contributed by atoms with Crippen LogP contribution in [0.2, 0.25) is 0 Å². The number of aromatic nitrogens is 2. The predicted molar refractivity (Wildman–Crippen MR) is 93.9 cm³/mol. The van der Waals surface area contributed by atoms with E-state index < -0.39 is 0 Å². The van der Waals surface area contributed by atoms with Gasteiger partial charge in [-0.3, -0.25) is 4.79 Å². The number of amides is 1. The third-order valence-electron chi connectivity index (χ3n) is 3.87. The van der Waals surface area contributed by atoms with Crippen molar-refractivity contribution in [3.8, 4) is 5.75 Å². The molecule has 1 N–H and O–H groups in total. The molecule has 24 heavy (non-hydrogen) atoms. The smallest absolute Gasteiger partial charge is 0.224 e. The molecule has 0 aliphatic rings. The highest BCUT2D eigenvalue weighted by Crippen LogP contribution is 2.19. The van der Waals surface area contributed by atoms with Crippen LogP contribution in [0.4, 0.5) is 0 Å². The molecule has 0 aliphatic carbocycles. The van der Waals surface area contributed by atoms with Crippen LogP contribution in [0.25, 0.3) is 11.0 Å². The van der Waals surface area contributed by atoms with E-state index in [-0.39, 0.29) is 5.91 Å². The van der Waals surface area contributed by atoms with Gasteiger partial charge in [0.15, 0.2) is 0 Å². The second-order valence-corrected chi connectivity index (χ2v) is 5.67. The Bertz CT molecular complexity index is 855. The normalized spacial score (nSPS) is 10.8. The Morgan fingerprint density at radius 2 is 2.17 bits per heavy atom. The van der Waals surface area contributed by atoms with Crippen molar-refractivity contribution in [2.75, 3.05) is 6.61 Å². The van der Waals surface area contributed by atoms with Crippen LogP contribution in [0.15, 0.2) is 48.8 Å². The molecule has 0 radical (unpaired) electrons. The van der Waals surface area contributed by atoms with E-state index in [0.29, 0.717) is 19.6 Å². The number of pyridine rings is 1. The highest BCUT2D eigenvalue weighted by Gasteiger charge is 2.11. The Morgan fingerprint density at radius 1 is 1.29 bits per heavy atom. The van der Waals surface area contributed by atoms with Gasteiger partial charge in [0.2, 0.25) is 5.91 Å². The molecule has 0 saturated heterocycles. The van der Waals surface area contributed by atoms with E-state index in [9.17, 15) is 4.79 Å². The summed E-state index contributed by atoms with van der Waals surface area (Å²) in [6.07, 6.45) is 4.07. The van der Waals surface area contributed by atoms with Gasteiger partial charge in [-0.2, -0.15) is 0 Å². The zero-order valence-corrected chi connectivity index (χ0v) is 14.0. The molecule has 0 atom stereocenters. The first kappa shape index (κ1) is 16.1. The third kappa shape index (κ3) is 3.56. The first-order chi connectivity index (χ1) is 11.7. The Morgan fingerprint density at radius 3 is 3.00 bits per heavy atom. The number of nitrogens with one attached hydrogen (secondary N) is 1. The molecule has 0 spiro atoms. The number of hydrogen-bond donors (Lipinski definition) is 1. The summed E-state index contributed by atoms with van der Waals surface area (Å²) in [7, 11) is 1.94. The lowest BCUT2D eigenvalue weighted by atomic mass is 10.1. The maximum Gasteiger partial charge on any atom is 0.224 e. The summed E-state index contributed by atoms with van der Waals surface area (Å²) >= 11 is 0. The minimum Gasteiger partial charge on any atom is -0.494 e. The van der Waals surface area contributed by atoms with E-state index in [4.69, 9.17) is 4.74 Å². The molecule has 1 amide bonds. The monoisotopic (exact) mass is 323 g/mol. The lowest BCUT2D eigenvalue weighted by Gasteiger charge is -2.07. The van der Waals surface area contributed by atoms with Gasteiger partial charge >= 0.3 is 0 Å². The van der Waals surface area contributed by atoms with Crippen LogP contribution >= 0.6 is 0 Å². The number of fused-ring (bicyclic) bond motifs is 1. The van der Waals surface area contributed by atoms with E-state index in [0.717, 1.165) is 27.9 Å². The fourth-order valence-electron chi connectivity index (χ4n) is 2.78. The van der Waals surface area contributed by atoms with Crippen LogP contribution in [0, 0.1) is 0 Å². The van der Waals surface area contributed by atoms with Crippen LogP contribution in [0.3, 0.4) is 0 Å². The van der Waals surface area contributed by atoms with Gasteiger partial charge in [-0.25, -0.2) is 4.98 Å². The van der Waals surface area contributed by atoms with Gasteiger partial charge in [-0.15, -0.1) is 0 Å². The molecule has 0 saturated carbocycles. The van der Waals surface area contributed by atoms with E-state index in [1.807, 2.05) is 61.1 Å². The average Bonchev–Trinajstić information content (AvgIpc) is 2.90. The van der Waals surface area contributed by atoms with Crippen molar-refractivity contribution in [3.05, 3.63) is 59.9 Å². The summed E-state index contributed by atoms with van der Waals surface area (Å²) in [5.74, 6) is 0.817. The van der Waals surface area contributed by atoms with Gasteiger partial charge in [-0.1, -0.05) is 12.1 Å². The van der Waals surface area contributed by atoms with Crippen molar-refractivity contribution in [1.29, 1.82) is 0 Å². The van der Waals surface area contributed by atoms with Gasteiger partial charge in [-0.05, 0) is 42.3 Å². The fraction of sp³-hybridized carbons (Fsp3) is 0.263. The van der Waals surface area contributed by atoms with Crippen molar-refractivity contribution < 1.29 is 9.53 Å². The quantitative estimate of drug-likeness (QED) is 0.759. The van der Waals surface area contributed by atoms with Crippen molar-refractivity contribution in [3.63, 3.8) is 0 Å². The molecule has 0 bridgehead atoms. The Labute approximate surface area is 141 Å². The van der Waals surface area contributed by atoms with Crippen LogP contribution < -0.4 is 10.1 Å². The number of nitrogens with zero attached hydrogens (tertiary/aromatic N) is 2. The van der Waals surface area contributed by atoms with Crippen LogP contribution in [0.1, 0.15) is 18.1 Å². The Kier molecular flexibility index (Phi) is 4.79. The molecule has 2 heterocycles. The molecule has 0 aliphatic heterocycles. The molecule has 124 valence electrons. The molecular weight excluding hydrogens is 302 g/mol. The SMILES string of the molecule is CCOc1cccc(CNC(=O)Cc2cn(C)c3ncccc23)c1. The minimum atomic E-state index is -0.00633. The molecule has 3 rings (SSSR count). The molecule has 0 fully saturated rings. The largest absolute Gasteiger partial charge is 0.494 e. The van der Waals surface area contributed by atoms with Gasteiger partial charge in [0.25, 0.3) is 0 Å². The number of carbonyl (C=O) groups excluding carboxylic acids is 1. The van der Waals surface area contributed by atoms with Gasteiger partial charge in [0, 0.05) is 31.4 Å². The van der Waals surface area contributed by atoms with E-state index >= 15 is 0 Å². The summed E-state index contributed by atoms with van der Waals surface area (Å²) in [5.41, 5.74) is 2.90. The molecule has 3 aromatic rings. The molecule has 1 aromatic carbocycles. The summed E-state index contributed by atoms with van der Waals surface area (Å²) in [6, 6.07) is 11.7. The third-order valence-corrected chi connectivity index (χ3v) is 3.87. The summed E-state index contributed by atoms with van der Waals surface area (Å²) in [4.78, 5) is 16.6. The first-order valence-corrected chi connectivity index (χ1v) is 8.04. The molecule has 2 aromatic heterocycles. The lowest BCUT2D eigenvalue weighted by molar-refractivity contribution is -0.120. The molecule has 0 unspecified atom stereocenters. The standard InChI is InChI=1S/C19H21N3O2/c1-3-24-16-7-4-6-14(10-16)12-21-18(23)11-15-13-22(2)19-17(15)8-5-9-20-19/h4-10,13H,3,11-12H2,1-2H3,(H,21,23). The number of hydrogen-bond acceptors (Lipinski definition) is 3. The highest BCUT2D eigenvalue weighted by molar-refractivity contribution is 5.87. The number of aryl methyl sites for hydroxylation is 1. The summed E-state index contributed by atoms with van der Waals surface area (Å²) < 4.78 is 7.43. The number of benzene rings is 1.